The maximum atomic E-state index is 11.4. The monoisotopic (exact) mass is 227 g/mol. The molecular formula is C13H25NO2. The first kappa shape index (κ1) is 13.5. The van der Waals surface area contributed by atoms with Gasteiger partial charge in [-0.3, -0.25) is 4.79 Å². The van der Waals surface area contributed by atoms with Crippen molar-refractivity contribution in [3.8, 4) is 0 Å². The van der Waals surface area contributed by atoms with Crippen LogP contribution in [0.3, 0.4) is 0 Å². The quantitative estimate of drug-likeness (QED) is 0.515. The number of likely N-dealkylation sites (tertiary alicyclic amines) is 1. The van der Waals surface area contributed by atoms with Gasteiger partial charge in [0, 0.05) is 6.54 Å². The van der Waals surface area contributed by atoms with Gasteiger partial charge in [-0.2, -0.15) is 0 Å². The summed E-state index contributed by atoms with van der Waals surface area (Å²) in [5, 5.41) is 0. The van der Waals surface area contributed by atoms with Gasteiger partial charge >= 0.3 is 5.97 Å². The van der Waals surface area contributed by atoms with E-state index in [0.717, 1.165) is 32.5 Å². The number of esters is 1. The second-order valence-electron chi connectivity index (χ2n) is 4.72. The Bertz CT molecular complexity index is 206. The average Bonchev–Trinajstić information content (AvgIpc) is 2.34. The molecule has 1 aliphatic rings. The molecule has 1 atom stereocenters. The minimum absolute atomic E-state index is 0.0294. The van der Waals surface area contributed by atoms with Crippen LogP contribution < -0.4 is 0 Å². The lowest BCUT2D eigenvalue weighted by Gasteiger charge is -2.31. The topological polar surface area (TPSA) is 29.5 Å². The molecule has 0 aliphatic carbocycles. The molecule has 1 aliphatic heterocycles. The summed E-state index contributed by atoms with van der Waals surface area (Å²) in [6, 6.07) is 0. The molecule has 0 aromatic rings. The molecule has 0 bridgehead atoms. The predicted molar refractivity (Wildman–Crippen MR) is 65.3 cm³/mol. The zero-order valence-corrected chi connectivity index (χ0v) is 10.7. The third-order valence-corrected chi connectivity index (χ3v) is 3.37. The number of carbonyl (C=O) groups excluding carboxylic acids is 1. The number of ether oxygens (including phenoxy) is 1. The molecule has 0 aromatic carbocycles. The number of unbranched alkanes of at least 4 members (excludes halogenated alkanes) is 3. The smallest absolute Gasteiger partial charge is 0.309 e. The third kappa shape index (κ3) is 4.52. The Hall–Kier alpha value is -0.570. The number of nitrogens with zero attached hydrogens (tertiary/aromatic N) is 1. The van der Waals surface area contributed by atoms with E-state index in [2.05, 4.69) is 11.8 Å². The van der Waals surface area contributed by atoms with Crippen LogP contribution in [0.5, 0.6) is 0 Å². The Morgan fingerprint density at radius 3 is 2.88 bits per heavy atom. The van der Waals surface area contributed by atoms with Gasteiger partial charge in [-0.1, -0.05) is 26.2 Å². The molecule has 3 heteroatoms. The molecule has 3 nitrogen and oxygen atoms in total. The van der Waals surface area contributed by atoms with Gasteiger partial charge < -0.3 is 9.64 Å². The van der Waals surface area contributed by atoms with E-state index in [1.165, 1.54) is 32.8 Å². The summed E-state index contributed by atoms with van der Waals surface area (Å²) < 4.78 is 4.82. The van der Waals surface area contributed by atoms with Crippen molar-refractivity contribution in [3.05, 3.63) is 0 Å². The second kappa shape index (κ2) is 7.66. The van der Waals surface area contributed by atoms with Crippen molar-refractivity contribution in [1.82, 2.24) is 4.90 Å². The van der Waals surface area contributed by atoms with Crippen LogP contribution >= 0.6 is 0 Å². The molecule has 1 saturated heterocycles. The van der Waals surface area contributed by atoms with Crippen molar-refractivity contribution in [2.24, 2.45) is 5.92 Å². The van der Waals surface area contributed by atoms with Gasteiger partial charge in [-0.15, -0.1) is 0 Å². The van der Waals surface area contributed by atoms with E-state index in [-0.39, 0.29) is 11.9 Å². The first-order valence-corrected chi connectivity index (χ1v) is 6.58. The number of methoxy groups -OCH3 is 1. The number of rotatable bonds is 6. The highest BCUT2D eigenvalue weighted by Gasteiger charge is 2.25. The molecule has 1 rings (SSSR count). The first-order valence-electron chi connectivity index (χ1n) is 6.58. The van der Waals surface area contributed by atoms with Crippen LogP contribution in [0.4, 0.5) is 0 Å². The fourth-order valence-corrected chi connectivity index (χ4v) is 2.38. The lowest BCUT2D eigenvalue weighted by atomic mass is 9.98. The van der Waals surface area contributed by atoms with Crippen LogP contribution in [0.1, 0.15) is 45.4 Å². The maximum absolute atomic E-state index is 11.4. The highest BCUT2D eigenvalue weighted by atomic mass is 16.5. The summed E-state index contributed by atoms with van der Waals surface area (Å²) in [4.78, 5) is 13.9. The van der Waals surface area contributed by atoms with Crippen LogP contribution in [0.25, 0.3) is 0 Å². The van der Waals surface area contributed by atoms with E-state index in [0.29, 0.717) is 0 Å². The Labute approximate surface area is 99.1 Å². The summed E-state index contributed by atoms with van der Waals surface area (Å²) in [5.74, 6) is 0.0863. The van der Waals surface area contributed by atoms with Gasteiger partial charge in [-0.05, 0) is 32.4 Å². The maximum Gasteiger partial charge on any atom is 0.309 e. The summed E-state index contributed by atoms with van der Waals surface area (Å²) in [7, 11) is 1.49. The molecule has 0 amide bonds. The fraction of sp³-hybridized carbons (Fsp3) is 0.923. The normalized spacial score (nSPS) is 22.0. The molecule has 0 N–H and O–H groups in total. The molecular weight excluding hydrogens is 202 g/mol. The number of hydrogen-bond acceptors (Lipinski definition) is 3. The van der Waals surface area contributed by atoms with E-state index in [1.54, 1.807) is 0 Å². The van der Waals surface area contributed by atoms with Crippen LogP contribution in [0, 0.1) is 5.92 Å². The zero-order chi connectivity index (χ0) is 11.8. The fourth-order valence-electron chi connectivity index (χ4n) is 2.38. The van der Waals surface area contributed by atoms with Crippen molar-refractivity contribution in [3.63, 3.8) is 0 Å². The SMILES string of the molecule is CCCCCCN1CCC[C@H](C(=O)OC)C1. The minimum atomic E-state index is -0.0294. The predicted octanol–water partition coefficient (Wildman–Crippen LogP) is 2.45. The number of piperidine rings is 1. The standard InChI is InChI=1S/C13H25NO2/c1-3-4-5-6-9-14-10-7-8-12(11-14)13(15)16-2/h12H,3-11H2,1-2H3/t12-/m0/s1. The Morgan fingerprint density at radius 2 is 2.19 bits per heavy atom. The van der Waals surface area contributed by atoms with Crippen molar-refractivity contribution in [2.75, 3.05) is 26.7 Å². The lowest BCUT2D eigenvalue weighted by molar-refractivity contribution is -0.147. The number of hydrogen-bond donors (Lipinski definition) is 0. The molecule has 1 heterocycles. The summed E-state index contributed by atoms with van der Waals surface area (Å²) in [6.45, 7) is 5.43. The summed E-state index contributed by atoms with van der Waals surface area (Å²) in [6.07, 6.45) is 7.32. The minimum Gasteiger partial charge on any atom is -0.469 e. The Morgan fingerprint density at radius 1 is 1.38 bits per heavy atom. The van der Waals surface area contributed by atoms with E-state index in [4.69, 9.17) is 4.74 Å². The average molecular weight is 227 g/mol. The highest BCUT2D eigenvalue weighted by molar-refractivity contribution is 5.72. The molecule has 1 fully saturated rings. The molecule has 0 unspecified atom stereocenters. The van der Waals surface area contributed by atoms with E-state index in [1.807, 2.05) is 0 Å². The van der Waals surface area contributed by atoms with Crippen molar-refractivity contribution < 1.29 is 9.53 Å². The van der Waals surface area contributed by atoms with Gasteiger partial charge in [0.15, 0.2) is 0 Å². The largest absolute Gasteiger partial charge is 0.469 e. The summed E-state index contributed by atoms with van der Waals surface area (Å²) >= 11 is 0. The van der Waals surface area contributed by atoms with E-state index >= 15 is 0 Å². The lowest BCUT2D eigenvalue weighted by Crippen LogP contribution is -2.39. The Kier molecular flexibility index (Phi) is 6.46. The van der Waals surface area contributed by atoms with Crippen molar-refractivity contribution in [2.45, 2.75) is 45.4 Å². The van der Waals surface area contributed by atoms with Gasteiger partial charge in [0.2, 0.25) is 0 Å². The molecule has 0 aromatic heterocycles. The van der Waals surface area contributed by atoms with Crippen LogP contribution in [0.2, 0.25) is 0 Å². The van der Waals surface area contributed by atoms with Crippen LogP contribution in [0.15, 0.2) is 0 Å². The van der Waals surface area contributed by atoms with Crippen LogP contribution in [-0.4, -0.2) is 37.6 Å². The zero-order valence-electron chi connectivity index (χ0n) is 10.7. The van der Waals surface area contributed by atoms with Gasteiger partial charge in [0.05, 0.1) is 13.0 Å². The van der Waals surface area contributed by atoms with Crippen molar-refractivity contribution >= 4 is 5.97 Å². The van der Waals surface area contributed by atoms with E-state index < -0.39 is 0 Å². The van der Waals surface area contributed by atoms with Gasteiger partial charge in [0.1, 0.15) is 0 Å². The molecule has 0 radical (unpaired) electrons. The van der Waals surface area contributed by atoms with Gasteiger partial charge in [-0.25, -0.2) is 0 Å². The van der Waals surface area contributed by atoms with Crippen LogP contribution in [-0.2, 0) is 9.53 Å². The van der Waals surface area contributed by atoms with Crippen molar-refractivity contribution in [1.29, 1.82) is 0 Å². The van der Waals surface area contributed by atoms with E-state index in [9.17, 15) is 4.79 Å². The molecule has 0 saturated carbocycles. The molecule has 94 valence electrons. The Balaban J connectivity index is 2.20. The highest BCUT2D eigenvalue weighted by Crippen LogP contribution is 2.18. The molecule has 0 spiro atoms. The van der Waals surface area contributed by atoms with Gasteiger partial charge in [0.25, 0.3) is 0 Å². The number of carbonyl (C=O) groups is 1. The summed E-state index contributed by atoms with van der Waals surface area (Å²) in [5.41, 5.74) is 0. The molecule has 16 heavy (non-hydrogen) atoms. The third-order valence-electron chi connectivity index (χ3n) is 3.37. The second-order valence-corrected chi connectivity index (χ2v) is 4.72. The first-order chi connectivity index (χ1) is 7.77.